The van der Waals surface area contributed by atoms with E-state index in [0.717, 1.165) is 0 Å². The summed E-state index contributed by atoms with van der Waals surface area (Å²) in [6.45, 7) is 1.66. The molecular formula is C11H12O5. The molecule has 1 aromatic carbocycles. The van der Waals surface area contributed by atoms with Crippen LogP contribution in [0.5, 0.6) is 17.2 Å². The van der Waals surface area contributed by atoms with Crippen molar-refractivity contribution in [1.29, 1.82) is 0 Å². The van der Waals surface area contributed by atoms with Crippen LogP contribution in [0.4, 0.5) is 0 Å². The maximum atomic E-state index is 11.5. The summed E-state index contributed by atoms with van der Waals surface area (Å²) < 4.78 is 15.5. The number of fused-ring (bicyclic) bond motifs is 1. The monoisotopic (exact) mass is 224 g/mol. The van der Waals surface area contributed by atoms with E-state index in [-0.39, 0.29) is 12.4 Å². The molecule has 0 saturated heterocycles. The maximum Gasteiger partial charge on any atom is 0.353 e. The summed E-state index contributed by atoms with van der Waals surface area (Å²) in [4.78, 5) is 11.5. The fourth-order valence-corrected chi connectivity index (χ4v) is 1.50. The Morgan fingerprint density at radius 1 is 1.50 bits per heavy atom. The Morgan fingerprint density at radius 2 is 2.25 bits per heavy atom. The van der Waals surface area contributed by atoms with E-state index < -0.39 is 11.6 Å². The van der Waals surface area contributed by atoms with Crippen LogP contribution in [-0.4, -0.2) is 30.4 Å². The highest BCUT2D eigenvalue weighted by Crippen LogP contribution is 2.37. The quantitative estimate of drug-likeness (QED) is 0.723. The van der Waals surface area contributed by atoms with Crippen LogP contribution in [0.2, 0.25) is 0 Å². The van der Waals surface area contributed by atoms with E-state index in [0.29, 0.717) is 11.5 Å². The Morgan fingerprint density at radius 3 is 2.94 bits per heavy atom. The Balaban J connectivity index is 2.32. The number of phenols is 1. The molecule has 1 N–H and O–H groups in total. The number of phenolic OH excluding ortho intramolecular Hbond substituents is 1. The lowest BCUT2D eigenvalue weighted by Gasteiger charge is -2.32. The van der Waals surface area contributed by atoms with Gasteiger partial charge in [-0.15, -0.1) is 0 Å². The standard InChI is InChI=1S/C11H12O5/c1-11(10(13)14-2)6-15-8-4-3-7(12)5-9(8)16-11/h3-5,12H,6H2,1-2H3/t11-/m0/s1. The van der Waals surface area contributed by atoms with E-state index in [1.807, 2.05) is 0 Å². The summed E-state index contributed by atoms with van der Waals surface area (Å²) in [5, 5.41) is 9.30. The number of hydrogen-bond donors (Lipinski definition) is 1. The molecule has 0 aromatic heterocycles. The summed E-state index contributed by atoms with van der Waals surface area (Å²) in [7, 11) is 1.29. The van der Waals surface area contributed by atoms with Crippen molar-refractivity contribution in [1.82, 2.24) is 0 Å². The van der Waals surface area contributed by atoms with Crippen molar-refractivity contribution in [3.63, 3.8) is 0 Å². The first-order chi connectivity index (χ1) is 7.55. The number of benzene rings is 1. The molecule has 1 heterocycles. The van der Waals surface area contributed by atoms with Crippen molar-refractivity contribution < 1.29 is 24.1 Å². The van der Waals surface area contributed by atoms with Crippen LogP contribution in [0.1, 0.15) is 6.92 Å². The first kappa shape index (κ1) is 10.6. The highest BCUT2D eigenvalue weighted by atomic mass is 16.6. The van der Waals surface area contributed by atoms with Gasteiger partial charge < -0.3 is 19.3 Å². The minimum atomic E-state index is -1.17. The van der Waals surface area contributed by atoms with E-state index in [1.54, 1.807) is 13.0 Å². The Bertz CT molecular complexity index is 428. The molecule has 86 valence electrons. The number of hydrogen-bond acceptors (Lipinski definition) is 5. The van der Waals surface area contributed by atoms with Gasteiger partial charge in [-0.3, -0.25) is 0 Å². The van der Waals surface area contributed by atoms with Gasteiger partial charge in [0.15, 0.2) is 11.5 Å². The van der Waals surface area contributed by atoms with E-state index in [1.165, 1.54) is 19.2 Å². The predicted molar refractivity (Wildman–Crippen MR) is 54.7 cm³/mol. The van der Waals surface area contributed by atoms with Gasteiger partial charge in [0, 0.05) is 6.07 Å². The molecule has 2 rings (SSSR count). The van der Waals surface area contributed by atoms with Gasteiger partial charge in [0.05, 0.1) is 7.11 Å². The lowest BCUT2D eigenvalue weighted by atomic mass is 10.1. The molecule has 0 bridgehead atoms. The fourth-order valence-electron chi connectivity index (χ4n) is 1.50. The largest absolute Gasteiger partial charge is 0.508 e. The smallest absolute Gasteiger partial charge is 0.353 e. The summed E-state index contributed by atoms with van der Waals surface area (Å²) >= 11 is 0. The van der Waals surface area contributed by atoms with Crippen molar-refractivity contribution in [2.75, 3.05) is 13.7 Å². The van der Waals surface area contributed by atoms with Crippen molar-refractivity contribution >= 4 is 5.97 Å². The van der Waals surface area contributed by atoms with E-state index in [2.05, 4.69) is 4.74 Å². The molecule has 0 radical (unpaired) electrons. The highest BCUT2D eigenvalue weighted by Gasteiger charge is 2.41. The van der Waals surface area contributed by atoms with Crippen molar-refractivity contribution in [3.8, 4) is 17.2 Å². The molecule has 1 aromatic rings. The minimum absolute atomic E-state index is 0.0523. The molecule has 0 amide bonds. The predicted octanol–water partition coefficient (Wildman–Crippen LogP) is 1.10. The van der Waals surface area contributed by atoms with Gasteiger partial charge in [-0.1, -0.05) is 0 Å². The maximum absolute atomic E-state index is 11.5. The summed E-state index contributed by atoms with van der Waals surface area (Å²) in [6.07, 6.45) is 0. The summed E-state index contributed by atoms with van der Waals surface area (Å²) in [6, 6.07) is 4.47. The van der Waals surface area contributed by atoms with Gasteiger partial charge in [0.2, 0.25) is 5.60 Å². The van der Waals surface area contributed by atoms with Crippen LogP contribution in [0.25, 0.3) is 0 Å². The number of methoxy groups -OCH3 is 1. The van der Waals surface area contributed by atoms with Crippen LogP contribution in [-0.2, 0) is 9.53 Å². The van der Waals surface area contributed by atoms with Crippen LogP contribution < -0.4 is 9.47 Å². The second-order valence-electron chi connectivity index (χ2n) is 3.74. The molecule has 1 aliphatic heterocycles. The highest BCUT2D eigenvalue weighted by molar-refractivity contribution is 5.80. The number of carbonyl (C=O) groups is 1. The number of ether oxygens (including phenoxy) is 3. The molecule has 16 heavy (non-hydrogen) atoms. The Labute approximate surface area is 92.5 Å². The second-order valence-corrected chi connectivity index (χ2v) is 3.74. The van der Waals surface area contributed by atoms with Gasteiger partial charge in [-0.05, 0) is 19.1 Å². The zero-order valence-electron chi connectivity index (χ0n) is 9.02. The third kappa shape index (κ3) is 1.64. The van der Waals surface area contributed by atoms with Gasteiger partial charge in [0.25, 0.3) is 0 Å². The minimum Gasteiger partial charge on any atom is -0.508 e. The van der Waals surface area contributed by atoms with Gasteiger partial charge in [-0.2, -0.15) is 0 Å². The zero-order valence-corrected chi connectivity index (χ0v) is 9.02. The average molecular weight is 224 g/mol. The van der Waals surface area contributed by atoms with Gasteiger partial charge in [0.1, 0.15) is 12.4 Å². The lowest BCUT2D eigenvalue weighted by molar-refractivity contribution is -0.162. The summed E-state index contributed by atoms with van der Waals surface area (Å²) in [5.74, 6) is 0.372. The topological polar surface area (TPSA) is 65.0 Å². The molecule has 5 heteroatoms. The number of esters is 1. The van der Waals surface area contributed by atoms with E-state index >= 15 is 0 Å². The molecule has 0 spiro atoms. The van der Waals surface area contributed by atoms with Crippen molar-refractivity contribution in [2.45, 2.75) is 12.5 Å². The molecule has 0 saturated carbocycles. The third-order valence-electron chi connectivity index (χ3n) is 2.38. The van der Waals surface area contributed by atoms with Crippen LogP contribution in [0.3, 0.4) is 0 Å². The average Bonchev–Trinajstić information content (AvgIpc) is 2.27. The third-order valence-corrected chi connectivity index (χ3v) is 2.38. The zero-order chi connectivity index (χ0) is 11.8. The van der Waals surface area contributed by atoms with Crippen molar-refractivity contribution in [3.05, 3.63) is 18.2 Å². The van der Waals surface area contributed by atoms with Crippen LogP contribution in [0, 0.1) is 0 Å². The molecule has 1 aliphatic rings. The van der Waals surface area contributed by atoms with Crippen LogP contribution >= 0.6 is 0 Å². The molecule has 5 nitrogen and oxygen atoms in total. The molecule has 0 aliphatic carbocycles. The van der Waals surface area contributed by atoms with Crippen LogP contribution in [0.15, 0.2) is 18.2 Å². The molecule has 1 atom stereocenters. The number of rotatable bonds is 1. The van der Waals surface area contributed by atoms with E-state index in [9.17, 15) is 9.90 Å². The molecule has 0 unspecified atom stereocenters. The van der Waals surface area contributed by atoms with E-state index in [4.69, 9.17) is 9.47 Å². The van der Waals surface area contributed by atoms with Gasteiger partial charge >= 0.3 is 5.97 Å². The Hall–Kier alpha value is -1.91. The first-order valence-corrected chi connectivity index (χ1v) is 4.78. The lowest BCUT2D eigenvalue weighted by Crippen LogP contribution is -2.49. The van der Waals surface area contributed by atoms with Crippen molar-refractivity contribution in [2.24, 2.45) is 0 Å². The SMILES string of the molecule is COC(=O)[C@]1(C)COc2ccc(O)cc2O1. The Kier molecular flexibility index (Phi) is 2.38. The molecular weight excluding hydrogens is 212 g/mol. The fraction of sp³-hybridized carbons (Fsp3) is 0.364. The second kappa shape index (κ2) is 3.59. The molecule has 0 fully saturated rings. The number of carbonyl (C=O) groups excluding carboxylic acids is 1. The summed E-state index contributed by atoms with van der Waals surface area (Å²) in [5.41, 5.74) is -1.17. The van der Waals surface area contributed by atoms with Gasteiger partial charge in [-0.25, -0.2) is 4.79 Å². The first-order valence-electron chi connectivity index (χ1n) is 4.78. The normalized spacial score (nSPS) is 22.6. The number of aromatic hydroxyl groups is 1.